The van der Waals surface area contributed by atoms with Gasteiger partial charge in [-0.2, -0.15) is 0 Å². The Morgan fingerprint density at radius 1 is 1.25 bits per heavy atom. The lowest BCUT2D eigenvalue weighted by Crippen LogP contribution is -2.44. The largest absolute Gasteiger partial charge is 0.481 e. The van der Waals surface area contributed by atoms with Crippen molar-refractivity contribution < 1.29 is 9.90 Å². The monoisotopic (exact) mass is 277 g/mol. The van der Waals surface area contributed by atoms with Crippen LogP contribution in [0, 0.1) is 5.92 Å². The average molecular weight is 277 g/mol. The van der Waals surface area contributed by atoms with Gasteiger partial charge in [0.15, 0.2) is 0 Å². The van der Waals surface area contributed by atoms with Crippen LogP contribution in [0.3, 0.4) is 0 Å². The van der Waals surface area contributed by atoms with Crippen molar-refractivity contribution in [2.75, 3.05) is 50.0 Å². The minimum atomic E-state index is -0.772. The van der Waals surface area contributed by atoms with Crippen molar-refractivity contribution in [3.63, 3.8) is 0 Å². The highest BCUT2D eigenvalue weighted by Gasteiger charge is 2.14. The minimum Gasteiger partial charge on any atom is -0.481 e. The zero-order chi connectivity index (χ0) is 14.5. The first-order valence-corrected chi connectivity index (χ1v) is 7.06. The van der Waals surface area contributed by atoms with E-state index >= 15 is 0 Å². The summed E-state index contributed by atoms with van der Waals surface area (Å²) in [5.41, 5.74) is 2.20. The number of carbonyl (C=O) groups is 1. The maximum Gasteiger partial charge on any atom is 0.308 e. The lowest BCUT2D eigenvalue weighted by molar-refractivity contribution is -0.140. The Morgan fingerprint density at radius 3 is 2.40 bits per heavy atom. The van der Waals surface area contributed by atoms with Crippen LogP contribution in [0.5, 0.6) is 0 Å². The molecule has 1 fully saturated rings. The van der Waals surface area contributed by atoms with E-state index in [1.165, 1.54) is 5.69 Å². The summed E-state index contributed by atoms with van der Waals surface area (Å²) in [5.74, 6) is -1.15. The second-order valence-electron chi connectivity index (χ2n) is 5.46. The number of carboxylic acids is 1. The van der Waals surface area contributed by atoms with Crippen LogP contribution < -0.4 is 10.2 Å². The molecule has 0 aromatic heterocycles. The number of rotatable bonds is 5. The number of nitrogens with one attached hydrogen (secondary N) is 1. The summed E-state index contributed by atoms with van der Waals surface area (Å²) >= 11 is 0. The van der Waals surface area contributed by atoms with Crippen LogP contribution in [0.2, 0.25) is 0 Å². The molecular weight excluding hydrogens is 254 g/mol. The highest BCUT2D eigenvalue weighted by Crippen LogP contribution is 2.19. The molecule has 0 bridgehead atoms. The molecule has 1 aliphatic rings. The highest BCUT2D eigenvalue weighted by atomic mass is 16.4. The molecule has 0 spiro atoms. The molecule has 0 saturated carbocycles. The van der Waals surface area contributed by atoms with Gasteiger partial charge in [0.1, 0.15) is 0 Å². The van der Waals surface area contributed by atoms with Crippen molar-refractivity contribution in [3.8, 4) is 0 Å². The van der Waals surface area contributed by atoms with Gasteiger partial charge in [0, 0.05) is 44.1 Å². The fourth-order valence-corrected chi connectivity index (χ4v) is 2.21. The zero-order valence-corrected chi connectivity index (χ0v) is 12.2. The molecule has 110 valence electrons. The summed E-state index contributed by atoms with van der Waals surface area (Å²) in [6, 6.07) is 8.22. The third-order valence-corrected chi connectivity index (χ3v) is 3.77. The third-order valence-electron chi connectivity index (χ3n) is 3.77. The normalized spacial score (nSPS) is 17.8. The lowest BCUT2D eigenvalue weighted by Gasteiger charge is -2.34. The smallest absolute Gasteiger partial charge is 0.308 e. The summed E-state index contributed by atoms with van der Waals surface area (Å²) in [5, 5.41) is 12.0. The second-order valence-corrected chi connectivity index (χ2v) is 5.46. The van der Waals surface area contributed by atoms with Gasteiger partial charge >= 0.3 is 5.97 Å². The van der Waals surface area contributed by atoms with Crippen molar-refractivity contribution in [1.82, 2.24) is 4.90 Å². The molecule has 2 N–H and O–H groups in total. The molecule has 20 heavy (non-hydrogen) atoms. The molecular formula is C15H23N3O2. The van der Waals surface area contributed by atoms with E-state index in [0.717, 1.165) is 31.9 Å². The summed E-state index contributed by atoms with van der Waals surface area (Å²) in [6.45, 7) is 6.45. The maximum absolute atomic E-state index is 10.8. The van der Waals surface area contributed by atoms with Gasteiger partial charge in [-0.25, -0.2) is 0 Å². The van der Waals surface area contributed by atoms with Gasteiger partial charge in [-0.1, -0.05) is 6.92 Å². The van der Waals surface area contributed by atoms with Crippen molar-refractivity contribution in [3.05, 3.63) is 24.3 Å². The van der Waals surface area contributed by atoms with Gasteiger partial charge in [0.05, 0.1) is 5.92 Å². The molecule has 1 unspecified atom stereocenters. The molecule has 1 saturated heterocycles. The topological polar surface area (TPSA) is 55.8 Å². The fraction of sp³-hybridized carbons (Fsp3) is 0.533. The molecule has 1 atom stereocenters. The molecule has 1 heterocycles. The molecule has 5 heteroatoms. The first kappa shape index (κ1) is 14.7. The number of carboxylic acid groups (broad SMARTS) is 1. The number of nitrogens with zero attached hydrogens (tertiary/aromatic N) is 2. The Hall–Kier alpha value is -1.75. The molecule has 1 aromatic rings. The van der Waals surface area contributed by atoms with Gasteiger partial charge < -0.3 is 20.2 Å². The summed E-state index contributed by atoms with van der Waals surface area (Å²) < 4.78 is 0. The van der Waals surface area contributed by atoms with Crippen LogP contribution in [0.1, 0.15) is 6.92 Å². The first-order valence-electron chi connectivity index (χ1n) is 7.06. The van der Waals surface area contributed by atoms with Crippen molar-refractivity contribution >= 4 is 17.3 Å². The van der Waals surface area contributed by atoms with Crippen molar-refractivity contribution in [1.29, 1.82) is 0 Å². The molecule has 0 radical (unpaired) electrons. The van der Waals surface area contributed by atoms with Crippen LogP contribution in [0.15, 0.2) is 24.3 Å². The SMILES string of the molecule is CC(CNc1ccc(N2CCN(C)CC2)cc1)C(=O)O. The fourth-order valence-electron chi connectivity index (χ4n) is 2.21. The van der Waals surface area contributed by atoms with E-state index in [1.807, 2.05) is 12.1 Å². The van der Waals surface area contributed by atoms with Crippen LogP contribution in [0.25, 0.3) is 0 Å². The number of likely N-dealkylation sites (N-methyl/N-ethyl adjacent to an activating group) is 1. The first-order chi connectivity index (χ1) is 9.56. The van der Waals surface area contributed by atoms with E-state index in [0.29, 0.717) is 6.54 Å². The van der Waals surface area contributed by atoms with Gasteiger partial charge in [0.2, 0.25) is 0 Å². The number of hydrogen-bond acceptors (Lipinski definition) is 4. The zero-order valence-electron chi connectivity index (χ0n) is 12.2. The number of hydrogen-bond donors (Lipinski definition) is 2. The van der Waals surface area contributed by atoms with Crippen LogP contribution in [0.4, 0.5) is 11.4 Å². The molecule has 5 nitrogen and oxygen atoms in total. The Bertz CT molecular complexity index is 439. The van der Waals surface area contributed by atoms with Crippen LogP contribution in [-0.2, 0) is 4.79 Å². The van der Waals surface area contributed by atoms with E-state index < -0.39 is 5.97 Å². The maximum atomic E-state index is 10.8. The molecule has 1 aliphatic heterocycles. The molecule has 1 aromatic carbocycles. The Labute approximate surface area is 120 Å². The van der Waals surface area contributed by atoms with Gasteiger partial charge in [-0.3, -0.25) is 4.79 Å². The highest BCUT2D eigenvalue weighted by molar-refractivity contribution is 5.70. The Morgan fingerprint density at radius 2 is 1.85 bits per heavy atom. The molecule has 0 amide bonds. The quantitative estimate of drug-likeness (QED) is 0.855. The van der Waals surface area contributed by atoms with Crippen molar-refractivity contribution in [2.24, 2.45) is 5.92 Å². The number of aliphatic carboxylic acids is 1. The Kier molecular flexibility index (Phi) is 4.84. The predicted octanol–water partition coefficient (Wildman–Crippen LogP) is 1.57. The molecule has 2 rings (SSSR count). The molecule has 0 aliphatic carbocycles. The van der Waals surface area contributed by atoms with Crippen molar-refractivity contribution in [2.45, 2.75) is 6.92 Å². The summed E-state index contributed by atoms with van der Waals surface area (Å²) in [7, 11) is 2.15. The van der Waals surface area contributed by atoms with Gasteiger partial charge in [-0.15, -0.1) is 0 Å². The van der Waals surface area contributed by atoms with E-state index in [-0.39, 0.29) is 5.92 Å². The number of benzene rings is 1. The lowest BCUT2D eigenvalue weighted by atomic mass is 10.2. The Balaban J connectivity index is 1.88. The van der Waals surface area contributed by atoms with Crippen LogP contribution in [-0.4, -0.2) is 55.7 Å². The standard InChI is InChI=1S/C15H23N3O2/c1-12(15(19)20)11-16-13-3-5-14(6-4-13)18-9-7-17(2)8-10-18/h3-6,12,16H,7-11H2,1-2H3,(H,19,20). The summed E-state index contributed by atoms with van der Waals surface area (Å²) in [4.78, 5) is 15.5. The number of piperazine rings is 1. The minimum absolute atomic E-state index is 0.382. The van der Waals surface area contributed by atoms with E-state index in [4.69, 9.17) is 5.11 Å². The van der Waals surface area contributed by atoms with E-state index in [2.05, 4.69) is 34.3 Å². The third kappa shape index (κ3) is 3.87. The second kappa shape index (κ2) is 6.61. The predicted molar refractivity (Wildman–Crippen MR) is 81.4 cm³/mol. The van der Waals surface area contributed by atoms with Gasteiger partial charge in [-0.05, 0) is 31.3 Å². The summed E-state index contributed by atoms with van der Waals surface area (Å²) in [6.07, 6.45) is 0. The number of anilines is 2. The van der Waals surface area contributed by atoms with E-state index in [1.54, 1.807) is 6.92 Å². The van der Waals surface area contributed by atoms with Gasteiger partial charge in [0.25, 0.3) is 0 Å². The van der Waals surface area contributed by atoms with E-state index in [9.17, 15) is 4.79 Å². The van der Waals surface area contributed by atoms with Crippen LogP contribution >= 0.6 is 0 Å². The average Bonchev–Trinajstić information content (AvgIpc) is 2.46.